The maximum atomic E-state index is 14.5. The van der Waals surface area contributed by atoms with E-state index in [1.807, 2.05) is 0 Å². The normalized spacial score (nSPS) is 25.0. The Hall–Kier alpha value is -3.48. The fourth-order valence-electron chi connectivity index (χ4n) is 5.18. The minimum atomic E-state index is -2.89. The van der Waals surface area contributed by atoms with Gasteiger partial charge in [-0.1, -0.05) is 29.8 Å². The maximum absolute atomic E-state index is 14.5. The Morgan fingerprint density at radius 3 is 2.62 bits per heavy atom. The van der Waals surface area contributed by atoms with Crippen molar-refractivity contribution in [2.45, 2.75) is 49.5 Å². The van der Waals surface area contributed by atoms with Crippen LogP contribution < -0.4 is 15.1 Å². The molecule has 1 aromatic heterocycles. The van der Waals surface area contributed by atoms with Crippen LogP contribution in [0.1, 0.15) is 19.3 Å². The number of aliphatic hydroxyl groups is 1. The molecular formula is C27H27ClF3N5O4. The molecule has 3 aliphatic rings. The zero-order valence-electron chi connectivity index (χ0n) is 21.2. The van der Waals surface area contributed by atoms with Crippen LogP contribution in [0.3, 0.4) is 0 Å². The SMILES string of the molecule is O=C(NC1CC(F)(F)C1)C(C1CC=CC=C1Cl)N(C(=O)C1COCC(O)N1c1ncccn1)c1cccc(F)c1. The number of amides is 2. The number of benzene rings is 1. The van der Waals surface area contributed by atoms with E-state index in [1.165, 1.54) is 35.5 Å². The zero-order chi connectivity index (χ0) is 28.4. The second-order valence-corrected chi connectivity index (χ2v) is 10.4. The van der Waals surface area contributed by atoms with Crippen molar-refractivity contribution >= 4 is 35.1 Å². The number of aromatic nitrogens is 2. The molecule has 1 saturated heterocycles. The lowest BCUT2D eigenvalue weighted by Gasteiger charge is -2.44. The van der Waals surface area contributed by atoms with Gasteiger partial charge in [0.2, 0.25) is 11.9 Å². The van der Waals surface area contributed by atoms with Crippen LogP contribution in [0, 0.1) is 11.7 Å². The number of aliphatic hydroxyl groups excluding tert-OH is 1. The molecule has 5 rings (SSSR count). The number of halogens is 4. The number of carbonyl (C=O) groups excluding carboxylic acids is 2. The Morgan fingerprint density at radius 2 is 1.95 bits per heavy atom. The zero-order valence-corrected chi connectivity index (χ0v) is 21.9. The quantitative estimate of drug-likeness (QED) is 0.520. The van der Waals surface area contributed by atoms with Gasteiger partial charge in [-0.3, -0.25) is 19.4 Å². The minimum Gasteiger partial charge on any atom is -0.374 e. The minimum absolute atomic E-state index is 0.0390. The number of morpholine rings is 1. The first kappa shape index (κ1) is 28.1. The molecule has 0 radical (unpaired) electrons. The molecule has 1 saturated carbocycles. The monoisotopic (exact) mass is 577 g/mol. The van der Waals surface area contributed by atoms with Crippen molar-refractivity contribution in [3.8, 4) is 0 Å². The topological polar surface area (TPSA) is 108 Å². The van der Waals surface area contributed by atoms with Crippen molar-refractivity contribution in [3.05, 3.63) is 71.8 Å². The molecule has 2 fully saturated rings. The molecule has 13 heteroatoms. The molecule has 2 N–H and O–H groups in total. The fourth-order valence-corrected chi connectivity index (χ4v) is 5.46. The molecular weight excluding hydrogens is 551 g/mol. The van der Waals surface area contributed by atoms with Crippen molar-refractivity contribution < 1.29 is 32.6 Å². The Balaban J connectivity index is 1.58. The van der Waals surface area contributed by atoms with Crippen LogP contribution in [0.25, 0.3) is 0 Å². The van der Waals surface area contributed by atoms with Crippen molar-refractivity contribution in [2.75, 3.05) is 23.0 Å². The van der Waals surface area contributed by atoms with Gasteiger partial charge >= 0.3 is 0 Å². The van der Waals surface area contributed by atoms with E-state index < -0.39 is 66.7 Å². The lowest BCUT2D eigenvalue weighted by Crippen LogP contribution is -2.65. The van der Waals surface area contributed by atoms with Gasteiger partial charge in [-0.15, -0.1) is 0 Å². The van der Waals surface area contributed by atoms with Gasteiger partial charge in [0, 0.05) is 47.9 Å². The van der Waals surface area contributed by atoms with E-state index in [0.717, 1.165) is 11.0 Å². The highest BCUT2D eigenvalue weighted by molar-refractivity contribution is 6.30. The third kappa shape index (κ3) is 5.84. The average molecular weight is 578 g/mol. The van der Waals surface area contributed by atoms with Crippen LogP contribution in [0.2, 0.25) is 0 Å². The molecule has 4 unspecified atom stereocenters. The van der Waals surface area contributed by atoms with E-state index in [-0.39, 0.29) is 36.3 Å². The van der Waals surface area contributed by atoms with E-state index in [9.17, 15) is 27.9 Å². The number of anilines is 2. The highest BCUT2D eigenvalue weighted by atomic mass is 35.5. The number of ether oxygens (including phenoxy) is 1. The first-order valence-electron chi connectivity index (χ1n) is 12.7. The molecule has 1 aromatic carbocycles. The second-order valence-electron chi connectivity index (χ2n) is 9.91. The predicted molar refractivity (Wildman–Crippen MR) is 140 cm³/mol. The molecule has 212 valence electrons. The van der Waals surface area contributed by atoms with E-state index >= 15 is 0 Å². The van der Waals surface area contributed by atoms with Gasteiger partial charge in [-0.2, -0.15) is 0 Å². The molecule has 40 heavy (non-hydrogen) atoms. The summed E-state index contributed by atoms with van der Waals surface area (Å²) in [6.45, 7) is -0.332. The van der Waals surface area contributed by atoms with Gasteiger partial charge in [-0.05, 0) is 36.8 Å². The number of nitrogens with one attached hydrogen (secondary N) is 1. The van der Waals surface area contributed by atoms with E-state index in [0.29, 0.717) is 0 Å². The summed E-state index contributed by atoms with van der Waals surface area (Å²) in [6.07, 6.45) is 5.83. The summed E-state index contributed by atoms with van der Waals surface area (Å²) in [4.78, 5) is 39.0. The first-order valence-corrected chi connectivity index (χ1v) is 13.1. The summed E-state index contributed by atoms with van der Waals surface area (Å²) < 4.78 is 47.2. The molecule has 2 amide bonds. The molecule has 2 aromatic rings. The van der Waals surface area contributed by atoms with E-state index in [4.69, 9.17) is 16.3 Å². The van der Waals surface area contributed by atoms with Gasteiger partial charge in [0.15, 0.2) is 6.23 Å². The summed E-state index contributed by atoms with van der Waals surface area (Å²) in [5.74, 6) is -5.72. The number of rotatable bonds is 7. The van der Waals surface area contributed by atoms with Gasteiger partial charge in [0.1, 0.15) is 17.9 Å². The Labute approximate surface area is 233 Å². The molecule has 1 aliphatic heterocycles. The van der Waals surface area contributed by atoms with Crippen molar-refractivity contribution in [2.24, 2.45) is 5.92 Å². The Bertz CT molecular complexity index is 1310. The van der Waals surface area contributed by atoms with Crippen molar-refractivity contribution in [1.82, 2.24) is 15.3 Å². The summed E-state index contributed by atoms with van der Waals surface area (Å²) in [5.41, 5.74) is 0.0390. The molecule has 2 heterocycles. The molecule has 0 bridgehead atoms. The largest absolute Gasteiger partial charge is 0.374 e. The molecule has 9 nitrogen and oxygen atoms in total. The summed E-state index contributed by atoms with van der Waals surface area (Å²) in [6, 6.07) is 3.32. The molecule has 0 spiro atoms. The number of alkyl halides is 2. The van der Waals surface area contributed by atoms with Crippen molar-refractivity contribution in [3.63, 3.8) is 0 Å². The van der Waals surface area contributed by atoms with Crippen LogP contribution in [-0.2, 0) is 14.3 Å². The van der Waals surface area contributed by atoms with Gasteiger partial charge in [0.25, 0.3) is 11.8 Å². The Kier molecular flexibility index (Phi) is 8.11. The number of hydrogen-bond donors (Lipinski definition) is 2. The number of hydrogen-bond acceptors (Lipinski definition) is 7. The lowest BCUT2D eigenvalue weighted by molar-refractivity contribution is -0.134. The van der Waals surface area contributed by atoms with E-state index in [2.05, 4.69) is 15.3 Å². The van der Waals surface area contributed by atoms with Crippen LogP contribution >= 0.6 is 11.6 Å². The highest BCUT2D eigenvalue weighted by Crippen LogP contribution is 2.39. The lowest BCUT2D eigenvalue weighted by atomic mass is 9.86. The van der Waals surface area contributed by atoms with Crippen molar-refractivity contribution in [1.29, 1.82) is 0 Å². The Morgan fingerprint density at radius 1 is 1.20 bits per heavy atom. The molecule has 4 atom stereocenters. The van der Waals surface area contributed by atoms with E-state index in [1.54, 1.807) is 24.3 Å². The number of nitrogens with zero attached hydrogens (tertiary/aromatic N) is 4. The standard InChI is InChI=1S/C27H27ClF3N5O4/c28-20-8-2-1-7-19(20)23(24(38)34-17-12-27(30,31)13-17)35(18-6-3-5-16(29)11-18)25(39)21-14-40-15-22(37)36(21)26-32-9-4-10-33-26/h1-6,8-11,17,19,21-23,37H,7,12-15H2,(H,34,38). The summed E-state index contributed by atoms with van der Waals surface area (Å²) in [7, 11) is 0. The van der Waals surface area contributed by atoms with Crippen LogP contribution in [0.4, 0.5) is 24.8 Å². The van der Waals surface area contributed by atoms with Crippen LogP contribution in [0.5, 0.6) is 0 Å². The third-order valence-corrected chi connectivity index (χ3v) is 7.50. The molecule has 2 aliphatic carbocycles. The first-order chi connectivity index (χ1) is 19.1. The van der Waals surface area contributed by atoms with Crippen LogP contribution in [-0.4, -0.2) is 70.4 Å². The highest BCUT2D eigenvalue weighted by Gasteiger charge is 2.49. The number of allylic oxidation sites excluding steroid dienone is 3. The summed E-state index contributed by atoms with van der Waals surface area (Å²) >= 11 is 6.55. The van der Waals surface area contributed by atoms with Gasteiger partial charge < -0.3 is 15.2 Å². The van der Waals surface area contributed by atoms with Gasteiger partial charge in [-0.25, -0.2) is 23.1 Å². The average Bonchev–Trinajstić information content (AvgIpc) is 2.91. The predicted octanol–water partition coefficient (Wildman–Crippen LogP) is 3.15. The van der Waals surface area contributed by atoms with Gasteiger partial charge in [0.05, 0.1) is 13.2 Å². The number of carbonyl (C=O) groups is 2. The summed E-state index contributed by atoms with van der Waals surface area (Å²) in [5, 5.41) is 13.7. The smallest absolute Gasteiger partial charge is 0.253 e. The maximum Gasteiger partial charge on any atom is 0.253 e. The fraction of sp³-hybridized carbons (Fsp3) is 0.407. The van der Waals surface area contributed by atoms with Crippen LogP contribution in [0.15, 0.2) is 66.0 Å². The second kappa shape index (κ2) is 11.6. The third-order valence-electron chi connectivity index (χ3n) is 7.09.